The topological polar surface area (TPSA) is 24.9 Å². The summed E-state index contributed by atoms with van der Waals surface area (Å²) < 4.78 is 1.17. The molecule has 1 unspecified atom stereocenters. The van der Waals surface area contributed by atoms with Crippen LogP contribution in [0.25, 0.3) is 0 Å². The van der Waals surface area contributed by atoms with E-state index in [1.807, 2.05) is 23.3 Å². The first-order valence-electron chi connectivity index (χ1n) is 4.08. The second-order valence-electron chi connectivity index (χ2n) is 2.57. The normalized spacial score (nSPS) is 13.2. The lowest BCUT2D eigenvalue weighted by Gasteiger charge is -2.09. The van der Waals surface area contributed by atoms with Crippen molar-refractivity contribution in [2.24, 2.45) is 0 Å². The van der Waals surface area contributed by atoms with Gasteiger partial charge in [0.25, 0.3) is 0 Å². The molecule has 1 aromatic rings. The van der Waals surface area contributed by atoms with E-state index < -0.39 is 0 Å². The van der Waals surface area contributed by atoms with E-state index in [0.717, 1.165) is 12.3 Å². The molecule has 0 aliphatic carbocycles. The van der Waals surface area contributed by atoms with Gasteiger partial charge in [0, 0.05) is 23.4 Å². The third kappa shape index (κ3) is 3.56. The third-order valence-electron chi connectivity index (χ3n) is 1.42. The molecule has 1 atom stereocenters. The lowest BCUT2D eigenvalue weighted by Crippen LogP contribution is -2.27. The number of nitrogens with one attached hydrogen (secondary N) is 1. The van der Waals surface area contributed by atoms with Gasteiger partial charge < -0.3 is 5.32 Å². The molecule has 0 saturated heterocycles. The molecule has 1 aromatic heterocycles. The van der Waals surface area contributed by atoms with E-state index in [2.05, 4.69) is 24.1 Å². The first kappa shape index (κ1) is 10.0. The maximum absolute atomic E-state index is 4.20. The lowest BCUT2D eigenvalue weighted by atomic mass is 10.4. The number of aromatic nitrogens is 1. The van der Waals surface area contributed by atoms with Crippen LogP contribution in [-0.2, 0) is 0 Å². The summed E-state index contributed by atoms with van der Waals surface area (Å²) in [6.07, 6.45) is 1.85. The van der Waals surface area contributed by atoms with Crippen LogP contribution in [0.1, 0.15) is 13.8 Å². The van der Waals surface area contributed by atoms with Gasteiger partial charge in [0.1, 0.15) is 4.34 Å². The van der Waals surface area contributed by atoms with Crippen molar-refractivity contribution in [2.75, 3.05) is 12.3 Å². The highest BCUT2D eigenvalue weighted by molar-refractivity contribution is 8.01. The zero-order chi connectivity index (χ0) is 8.81. The van der Waals surface area contributed by atoms with Gasteiger partial charge in [0.2, 0.25) is 0 Å². The van der Waals surface area contributed by atoms with Gasteiger partial charge in [-0.1, -0.05) is 18.7 Å². The SMILES string of the molecule is CCNC(C)CSc1nccs1. The average Bonchev–Trinajstić information content (AvgIpc) is 2.53. The summed E-state index contributed by atoms with van der Waals surface area (Å²) >= 11 is 3.53. The second-order valence-corrected chi connectivity index (χ2v) is 4.73. The zero-order valence-electron chi connectivity index (χ0n) is 7.41. The van der Waals surface area contributed by atoms with Crippen LogP contribution in [0.3, 0.4) is 0 Å². The highest BCUT2D eigenvalue weighted by Crippen LogP contribution is 2.20. The van der Waals surface area contributed by atoms with Crippen LogP contribution in [-0.4, -0.2) is 23.3 Å². The molecule has 0 amide bonds. The van der Waals surface area contributed by atoms with E-state index in [0.29, 0.717) is 6.04 Å². The number of rotatable bonds is 5. The van der Waals surface area contributed by atoms with Crippen molar-refractivity contribution in [3.63, 3.8) is 0 Å². The molecule has 12 heavy (non-hydrogen) atoms. The van der Waals surface area contributed by atoms with Gasteiger partial charge in [-0.3, -0.25) is 0 Å². The van der Waals surface area contributed by atoms with Crippen LogP contribution in [0.4, 0.5) is 0 Å². The van der Waals surface area contributed by atoms with E-state index in [1.54, 1.807) is 11.3 Å². The summed E-state index contributed by atoms with van der Waals surface area (Å²) in [6, 6.07) is 0.573. The molecule has 1 rings (SSSR count). The lowest BCUT2D eigenvalue weighted by molar-refractivity contribution is 0.620. The Bertz CT molecular complexity index is 199. The minimum Gasteiger partial charge on any atom is -0.314 e. The molecule has 0 bridgehead atoms. The minimum atomic E-state index is 0.573. The van der Waals surface area contributed by atoms with E-state index in [1.165, 1.54) is 4.34 Å². The van der Waals surface area contributed by atoms with E-state index in [-0.39, 0.29) is 0 Å². The van der Waals surface area contributed by atoms with Gasteiger partial charge in [-0.15, -0.1) is 11.3 Å². The quantitative estimate of drug-likeness (QED) is 0.741. The average molecular weight is 202 g/mol. The van der Waals surface area contributed by atoms with Crippen molar-refractivity contribution < 1.29 is 0 Å². The van der Waals surface area contributed by atoms with Crippen molar-refractivity contribution in [3.05, 3.63) is 11.6 Å². The molecule has 0 fully saturated rings. The Labute approximate surface area is 81.8 Å². The second kappa shape index (κ2) is 5.56. The maximum atomic E-state index is 4.20. The Hall–Kier alpha value is -0.0600. The fourth-order valence-corrected chi connectivity index (χ4v) is 2.53. The fourth-order valence-electron chi connectivity index (χ4n) is 0.885. The highest BCUT2D eigenvalue weighted by atomic mass is 32.2. The minimum absolute atomic E-state index is 0.573. The number of nitrogens with zero attached hydrogens (tertiary/aromatic N) is 1. The molecule has 1 heterocycles. The summed E-state index contributed by atoms with van der Waals surface area (Å²) in [5, 5.41) is 5.38. The van der Waals surface area contributed by atoms with Gasteiger partial charge in [-0.25, -0.2) is 4.98 Å². The molecular weight excluding hydrogens is 188 g/mol. The van der Waals surface area contributed by atoms with Crippen LogP contribution in [0.2, 0.25) is 0 Å². The van der Waals surface area contributed by atoms with Gasteiger partial charge in [0.05, 0.1) is 0 Å². The Kier molecular flexibility index (Phi) is 4.65. The van der Waals surface area contributed by atoms with Gasteiger partial charge in [-0.05, 0) is 13.5 Å². The summed E-state index contributed by atoms with van der Waals surface area (Å²) in [4.78, 5) is 4.20. The Morgan fingerprint density at radius 1 is 1.75 bits per heavy atom. The molecule has 4 heteroatoms. The van der Waals surface area contributed by atoms with E-state index in [4.69, 9.17) is 0 Å². The van der Waals surface area contributed by atoms with Crippen molar-refractivity contribution in [1.29, 1.82) is 0 Å². The molecule has 0 spiro atoms. The smallest absolute Gasteiger partial charge is 0.149 e. The predicted octanol–water partition coefficient (Wildman–Crippen LogP) is 2.23. The highest BCUT2D eigenvalue weighted by Gasteiger charge is 2.01. The largest absolute Gasteiger partial charge is 0.314 e. The van der Waals surface area contributed by atoms with Crippen LogP contribution in [0.5, 0.6) is 0 Å². The van der Waals surface area contributed by atoms with Crippen LogP contribution in [0, 0.1) is 0 Å². The predicted molar refractivity (Wildman–Crippen MR) is 56.0 cm³/mol. The van der Waals surface area contributed by atoms with Crippen molar-refractivity contribution in [2.45, 2.75) is 24.2 Å². The molecule has 0 radical (unpaired) electrons. The Balaban J connectivity index is 2.17. The van der Waals surface area contributed by atoms with Crippen LogP contribution >= 0.6 is 23.1 Å². The first-order chi connectivity index (χ1) is 5.83. The van der Waals surface area contributed by atoms with Crippen molar-refractivity contribution in [3.8, 4) is 0 Å². The fraction of sp³-hybridized carbons (Fsp3) is 0.625. The number of hydrogen-bond donors (Lipinski definition) is 1. The summed E-state index contributed by atoms with van der Waals surface area (Å²) in [5.74, 6) is 1.10. The molecule has 0 aliphatic rings. The van der Waals surface area contributed by atoms with Gasteiger partial charge >= 0.3 is 0 Å². The molecular formula is C8H14N2S2. The zero-order valence-corrected chi connectivity index (χ0v) is 9.04. The number of thiazole rings is 1. The molecule has 0 saturated carbocycles. The molecule has 1 N–H and O–H groups in total. The summed E-state index contributed by atoms with van der Waals surface area (Å²) in [5.41, 5.74) is 0. The van der Waals surface area contributed by atoms with Crippen LogP contribution in [0.15, 0.2) is 15.9 Å². The van der Waals surface area contributed by atoms with E-state index >= 15 is 0 Å². The Morgan fingerprint density at radius 3 is 3.17 bits per heavy atom. The molecule has 0 aromatic carbocycles. The first-order valence-corrected chi connectivity index (χ1v) is 5.95. The summed E-state index contributed by atoms with van der Waals surface area (Å²) in [6.45, 7) is 5.37. The summed E-state index contributed by atoms with van der Waals surface area (Å²) in [7, 11) is 0. The number of hydrogen-bond acceptors (Lipinski definition) is 4. The standard InChI is InChI=1S/C8H14N2S2/c1-3-9-7(2)6-12-8-10-4-5-11-8/h4-5,7,9H,3,6H2,1-2H3. The number of thioether (sulfide) groups is 1. The third-order valence-corrected chi connectivity index (χ3v) is 3.65. The monoisotopic (exact) mass is 202 g/mol. The van der Waals surface area contributed by atoms with Gasteiger partial charge in [0.15, 0.2) is 0 Å². The van der Waals surface area contributed by atoms with Gasteiger partial charge in [-0.2, -0.15) is 0 Å². The molecule has 2 nitrogen and oxygen atoms in total. The van der Waals surface area contributed by atoms with E-state index in [9.17, 15) is 0 Å². The van der Waals surface area contributed by atoms with Crippen molar-refractivity contribution in [1.82, 2.24) is 10.3 Å². The molecule has 0 aliphatic heterocycles. The molecule has 68 valence electrons. The van der Waals surface area contributed by atoms with Crippen LogP contribution < -0.4 is 5.32 Å². The van der Waals surface area contributed by atoms with Crippen molar-refractivity contribution >= 4 is 23.1 Å². The Morgan fingerprint density at radius 2 is 2.58 bits per heavy atom. The maximum Gasteiger partial charge on any atom is 0.149 e.